The number of rotatable bonds is 5. The fourth-order valence-corrected chi connectivity index (χ4v) is 2.47. The van der Waals surface area contributed by atoms with Gasteiger partial charge in [0.1, 0.15) is 0 Å². The third-order valence-electron chi connectivity index (χ3n) is 2.89. The number of nitrogens with one attached hydrogen (secondary N) is 2. The fourth-order valence-electron chi connectivity index (χ4n) is 1.94. The number of hydrogen-bond donors (Lipinski definition) is 2. The molecule has 0 unspecified atom stereocenters. The predicted octanol–water partition coefficient (Wildman–Crippen LogP) is 4.75. The standard InChI is InChI=1S/C16H16Cl2N2O/c17-13-9-14(18)11-15(10-13)20-16(21)19-8-4-7-12-5-2-1-3-6-12/h1-3,5-6,9-11H,4,7-8H2,(H2,19,20,21). The first kappa shape index (κ1) is 15.7. The lowest BCUT2D eigenvalue weighted by molar-refractivity contribution is 0.252. The van der Waals surface area contributed by atoms with Gasteiger partial charge in [0.25, 0.3) is 0 Å². The van der Waals surface area contributed by atoms with E-state index in [0.717, 1.165) is 12.8 Å². The van der Waals surface area contributed by atoms with Crippen LogP contribution in [0.2, 0.25) is 10.0 Å². The molecule has 0 bridgehead atoms. The van der Waals surface area contributed by atoms with E-state index < -0.39 is 0 Å². The molecule has 2 amide bonds. The summed E-state index contributed by atoms with van der Waals surface area (Å²) in [6, 6.07) is 14.8. The molecule has 2 aromatic carbocycles. The predicted molar refractivity (Wildman–Crippen MR) is 88.2 cm³/mol. The number of carbonyl (C=O) groups excluding carboxylic acids is 1. The highest BCUT2D eigenvalue weighted by Gasteiger charge is 2.03. The van der Waals surface area contributed by atoms with Crippen LogP contribution >= 0.6 is 23.2 Å². The van der Waals surface area contributed by atoms with E-state index in [0.29, 0.717) is 22.3 Å². The molecule has 0 saturated heterocycles. The minimum absolute atomic E-state index is 0.263. The summed E-state index contributed by atoms with van der Waals surface area (Å²) in [4.78, 5) is 11.7. The van der Waals surface area contributed by atoms with Crippen molar-refractivity contribution >= 4 is 34.9 Å². The number of benzene rings is 2. The van der Waals surface area contributed by atoms with Gasteiger partial charge >= 0.3 is 6.03 Å². The highest BCUT2D eigenvalue weighted by atomic mass is 35.5. The van der Waals surface area contributed by atoms with Gasteiger partial charge in [-0.3, -0.25) is 0 Å². The van der Waals surface area contributed by atoms with Crippen molar-refractivity contribution in [3.05, 3.63) is 64.1 Å². The number of urea groups is 1. The highest BCUT2D eigenvalue weighted by molar-refractivity contribution is 6.35. The van der Waals surface area contributed by atoms with Gasteiger partial charge in [0.05, 0.1) is 0 Å². The summed E-state index contributed by atoms with van der Waals surface area (Å²) in [5, 5.41) is 6.48. The van der Waals surface area contributed by atoms with Crippen LogP contribution in [0.3, 0.4) is 0 Å². The largest absolute Gasteiger partial charge is 0.338 e. The van der Waals surface area contributed by atoms with Crippen molar-refractivity contribution in [2.24, 2.45) is 0 Å². The summed E-state index contributed by atoms with van der Waals surface area (Å²) >= 11 is 11.7. The molecule has 110 valence electrons. The number of carbonyl (C=O) groups is 1. The summed E-state index contributed by atoms with van der Waals surface area (Å²) < 4.78 is 0. The molecule has 0 saturated carbocycles. The summed E-state index contributed by atoms with van der Waals surface area (Å²) in [7, 11) is 0. The molecule has 0 atom stereocenters. The van der Waals surface area contributed by atoms with Gasteiger partial charge in [0, 0.05) is 22.3 Å². The van der Waals surface area contributed by atoms with Gasteiger partial charge in [0.2, 0.25) is 0 Å². The zero-order chi connectivity index (χ0) is 15.1. The molecule has 0 fully saturated rings. The molecule has 0 aliphatic heterocycles. The van der Waals surface area contributed by atoms with Gasteiger partial charge in [-0.25, -0.2) is 4.79 Å². The topological polar surface area (TPSA) is 41.1 Å². The average Bonchev–Trinajstić information content (AvgIpc) is 2.43. The highest BCUT2D eigenvalue weighted by Crippen LogP contribution is 2.22. The lowest BCUT2D eigenvalue weighted by atomic mass is 10.1. The number of halogens is 2. The monoisotopic (exact) mass is 322 g/mol. The second-order valence-corrected chi connectivity index (χ2v) is 5.50. The first-order valence-electron chi connectivity index (χ1n) is 6.68. The molecule has 2 aromatic rings. The zero-order valence-corrected chi connectivity index (χ0v) is 12.9. The molecular weight excluding hydrogens is 307 g/mol. The van der Waals surface area contributed by atoms with E-state index in [2.05, 4.69) is 22.8 Å². The van der Waals surface area contributed by atoms with E-state index in [4.69, 9.17) is 23.2 Å². The Labute approximate surface area is 134 Å². The third kappa shape index (κ3) is 5.66. The van der Waals surface area contributed by atoms with Crippen molar-refractivity contribution in [3.8, 4) is 0 Å². The molecular formula is C16H16Cl2N2O. The molecule has 0 aromatic heterocycles. The SMILES string of the molecule is O=C(NCCCc1ccccc1)Nc1cc(Cl)cc(Cl)c1. The van der Waals surface area contributed by atoms with Crippen LogP contribution in [-0.2, 0) is 6.42 Å². The maximum atomic E-state index is 11.7. The zero-order valence-electron chi connectivity index (χ0n) is 11.4. The van der Waals surface area contributed by atoms with Crippen molar-refractivity contribution in [1.29, 1.82) is 0 Å². The number of aryl methyl sites for hydroxylation is 1. The summed E-state index contributed by atoms with van der Waals surface area (Å²) in [5.74, 6) is 0. The summed E-state index contributed by atoms with van der Waals surface area (Å²) in [6.45, 7) is 0.606. The van der Waals surface area contributed by atoms with Crippen LogP contribution in [0.5, 0.6) is 0 Å². The lowest BCUT2D eigenvalue weighted by Gasteiger charge is -2.08. The van der Waals surface area contributed by atoms with Crippen LogP contribution in [0.15, 0.2) is 48.5 Å². The van der Waals surface area contributed by atoms with E-state index in [-0.39, 0.29) is 6.03 Å². The molecule has 0 spiro atoms. The molecule has 2 N–H and O–H groups in total. The second kappa shape index (κ2) is 7.91. The van der Waals surface area contributed by atoms with Gasteiger partial charge in [0.15, 0.2) is 0 Å². The van der Waals surface area contributed by atoms with E-state index in [1.54, 1.807) is 18.2 Å². The van der Waals surface area contributed by atoms with Crippen LogP contribution in [0.1, 0.15) is 12.0 Å². The van der Waals surface area contributed by atoms with Gasteiger partial charge in [-0.05, 0) is 36.6 Å². The Morgan fingerprint density at radius 1 is 1.00 bits per heavy atom. The van der Waals surface area contributed by atoms with E-state index in [1.807, 2.05) is 18.2 Å². The Balaban J connectivity index is 1.72. The Bertz CT molecular complexity index is 582. The number of amides is 2. The van der Waals surface area contributed by atoms with Gasteiger partial charge in [-0.1, -0.05) is 53.5 Å². The fraction of sp³-hybridized carbons (Fsp3) is 0.188. The third-order valence-corrected chi connectivity index (χ3v) is 3.33. The van der Waals surface area contributed by atoms with Crippen molar-refractivity contribution in [1.82, 2.24) is 5.32 Å². The van der Waals surface area contributed by atoms with E-state index in [1.165, 1.54) is 5.56 Å². The van der Waals surface area contributed by atoms with Crippen molar-refractivity contribution < 1.29 is 4.79 Å². The maximum Gasteiger partial charge on any atom is 0.319 e. The molecule has 0 heterocycles. The van der Waals surface area contributed by atoms with Crippen molar-refractivity contribution in [2.75, 3.05) is 11.9 Å². The summed E-state index contributed by atoms with van der Waals surface area (Å²) in [6.07, 6.45) is 1.82. The van der Waals surface area contributed by atoms with Gasteiger partial charge in [-0.15, -0.1) is 0 Å². The Morgan fingerprint density at radius 2 is 1.67 bits per heavy atom. The smallest absolute Gasteiger partial charge is 0.319 e. The summed E-state index contributed by atoms with van der Waals surface area (Å²) in [5.41, 5.74) is 1.84. The van der Waals surface area contributed by atoms with Crippen LogP contribution in [0.25, 0.3) is 0 Å². The molecule has 0 radical (unpaired) electrons. The first-order chi connectivity index (χ1) is 10.1. The molecule has 5 heteroatoms. The normalized spacial score (nSPS) is 10.2. The minimum atomic E-state index is -0.263. The van der Waals surface area contributed by atoms with E-state index in [9.17, 15) is 4.79 Å². The Kier molecular flexibility index (Phi) is 5.90. The molecule has 0 aliphatic carbocycles. The van der Waals surface area contributed by atoms with Gasteiger partial charge in [-0.2, -0.15) is 0 Å². The Hall–Kier alpha value is -1.71. The average molecular weight is 323 g/mol. The lowest BCUT2D eigenvalue weighted by Crippen LogP contribution is -2.29. The van der Waals surface area contributed by atoms with Crippen LogP contribution < -0.4 is 10.6 Å². The minimum Gasteiger partial charge on any atom is -0.338 e. The quantitative estimate of drug-likeness (QED) is 0.766. The molecule has 3 nitrogen and oxygen atoms in total. The van der Waals surface area contributed by atoms with Crippen LogP contribution in [0, 0.1) is 0 Å². The molecule has 2 rings (SSSR count). The number of hydrogen-bond acceptors (Lipinski definition) is 1. The Morgan fingerprint density at radius 3 is 2.33 bits per heavy atom. The van der Waals surface area contributed by atoms with Gasteiger partial charge < -0.3 is 10.6 Å². The molecule has 21 heavy (non-hydrogen) atoms. The van der Waals surface area contributed by atoms with Crippen molar-refractivity contribution in [3.63, 3.8) is 0 Å². The first-order valence-corrected chi connectivity index (χ1v) is 7.44. The van der Waals surface area contributed by atoms with Crippen LogP contribution in [0.4, 0.5) is 10.5 Å². The number of anilines is 1. The second-order valence-electron chi connectivity index (χ2n) is 4.63. The van der Waals surface area contributed by atoms with Crippen LogP contribution in [-0.4, -0.2) is 12.6 Å². The molecule has 0 aliphatic rings. The van der Waals surface area contributed by atoms with E-state index >= 15 is 0 Å². The van der Waals surface area contributed by atoms with Crippen molar-refractivity contribution in [2.45, 2.75) is 12.8 Å². The maximum absolute atomic E-state index is 11.7.